The first kappa shape index (κ1) is 16.4. The van der Waals surface area contributed by atoms with Crippen molar-refractivity contribution in [3.05, 3.63) is 75.1 Å². The summed E-state index contributed by atoms with van der Waals surface area (Å²) >= 11 is 1.73. The minimum Gasteiger partial charge on any atom is -0.478 e. The average molecular weight is 379 g/mol. The number of fused-ring (bicyclic) bond motifs is 3. The van der Waals surface area contributed by atoms with Crippen LogP contribution in [0.25, 0.3) is 6.08 Å². The number of ether oxygens (including phenoxy) is 2. The van der Waals surface area contributed by atoms with E-state index < -0.39 is 0 Å². The van der Waals surface area contributed by atoms with Crippen molar-refractivity contribution in [3.8, 4) is 11.5 Å². The molecule has 5 nitrogen and oxygen atoms in total. The van der Waals surface area contributed by atoms with Gasteiger partial charge in [0, 0.05) is 24.0 Å². The highest BCUT2D eigenvalue weighted by molar-refractivity contribution is 7.09. The van der Waals surface area contributed by atoms with Crippen LogP contribution in [0.3, 0.4) is 0 Å². The molecule has 0 saturated heterocycles. The zero-order valence-corrected chi connectivity index (χ0v) is 15.5. The third-order valence-corrected chi connectivity index (χ3v) is 5.54. The molecule has 0 bridgehead atoms. The summed E-state index contributed by atoms with van der Waals surface area (Å²) in [5, 5.41) is 2.07. The second-order valence-corrected chi connectivity index (χ2v) is 7.68. The molecule has 5 rings (SSSR count). The van der Waals surface area contributed by atoms with E-state index in [1.54, 1.807) is 23.5 Å². The summed E-state index contributed by atoms with van der Waals surface area (Å²) < 4.78 is 17.4. The van der Waals surface area contributed by atoms with Crippen molar-refractivity contribution in [2.75, 3.05) is 6.73 Å². The molecule has 0 aliphatic carbocycles. The van der Waals surface area contributed by atoms with E-state index in [1.807, 2.05) is 31.2 Å². The predicted molar refractivity (Wildman–Crippen MR) is 102 cm³/mol. The van der Waals surface area contributed by atoms with Crippen LogP contribution in [-0.4, -0.2) is 17.4 Å². The number of carbonyl (C=O) groups is 1. The Morgan fingerprint density at radius 1 is 1.22 bits per heavy atom. The third kappa shape index (κ3) is 2.97. The minimum atomic E-state index is -0.128. The van der Waals surface area contributed by atoms with E-state index in [0.29, 0.717) is 30.3 Å². The lowest BCUT2D eigenvalue weighted by Crippen LogP contribution is -2.31. The van der Waals surface area contributed by atoms with Crippen LogP contribution in [0.5, 0.6) is 11.5 Å². The van der Waals surface area contributed by atoms with Crippen molar-refractivity contribution in [1.29, 1.82) is 0 Å². The summed E-state index contributed by atoms with van der Waals surface area (Å²) in [5.41, 5.74) is 1.49. The van der Waals surface area contributed by atoms with Crippen molar-refractivity contribution in [2.24, 2.45) is 0 Å². The number of aryl methyl sites for hydroxylation is 1. The molecule has 0 saturated carbocycles. The predicted octanol–water partition coefficient (Wildman–Crippen LogP) is 4.62. The van der Waals surface area contributed by atoms with Crippen LogP contribution in [0.4, 0.5) is 0 Å². The Kier molecular flexibility index (Phi) is 3.88. The van der Waals surface area contributed by atoms with E-state index in [0.717, 1.165) is 23.6 Å². The molecule has 2 aromatic heterocycles. The number of hydrogen-bond acceptors (Lipinski definition) is 6. The van der Waals surface area contributed by atoms with E-state index in [-0.39, 0.29) is 11.5 Å². The van der Waals surface area contributed by atoms with Gasteiger partial charge in [0.1, 0.15) is 29.8 Å². The van der Waals surface area contributed by atoms with E-state index in [4.69, 9.17) is 13.9 Å². The Labute approximate surface area is 160 Å². The number of hydrogen-bond donors (Lipinski definition) is 0. The number of rotatable bonds is 3. The van der Waals surface area contributed by atoms with Crippen molar-refractivity contribution >= 4 is 23.2 Å². The van der Waals surface area contributed by atoms with Crippen molar-refractivity contribution in [1.82, 2.24) is 4.90 Å². The smallest absolute Gasteiger partial charge is 0.232 e. The number of allylic oxidation sites excluding steroid dienone is 1. The number of carbonyl (C=O) groups excluding carboxylic acids is 1. The number of thiophene rings is 1. The topological polar surface area (TPSA) is 51.9 Å². The molecule has 0 radical (unpaired) electrons. The Hall–Kier alpha value is -2.83. The number of furan rings is 1. The lowest BCUT2D eigenvalue weighted by atomic mass is 10.0. The Morgan fingerprint density at radius 2 is 2.15 bits per heavy atom. The summed E-state index contributed by atoms with van der Waals surface area (Å²) in [5.74, 6) is 2.93. The van der Waals surface area contributed by atoms with E-state index in [9.17, 15) is 4.79 Å². The van der Waals surface area contributed by atoms with Gasteiger partial charge in [-0.1, -0.05) is 6.07 Å². The van der Waals surface area contributed by atoms with Crippen LogP contribution in [0.15, 0.2) is 52.0 Å². The standard InChI is InChI=1S/C21H17NO4S/c1-13-4-5-14(25-13)9-19-20(23)16-6-7-18-17(21(16)26-19)11-22(12-24-18)10-15-3-2-8-27-15/h2-9H,10-12H2,1H3/b19-9-. The fraction of sp³-hybridized carbons (Fsp3) is 0.190. The van der Waals surface area contributed by atoms with Crippen LogP contribution in [0.1, 0.15) is 32.3 Å². The van der Waals surface area contributed by atoms with Crippen LogP contribution < -0.4 is 9.47 Å². The van der Waals surface area contributed by atoms with Gasteiger partial charge in [0.05, 0.1) is 11.1 Å². The highest BCUT2D eigenvalue weighted by Crippen LogP contribution is 2.42. The maximum atomic E-state index is 12.7. The zero-order valence-electron chi connectivity index (χ0n) is 14.7. The first-order chi connectivity index (χ1) is 13.2. The fourth-order valence-electron chi connectivity index (χ4n) is 3.39. The maximum Gasteiger partial charge on any atom is 0.232 e. The molecule has 0 atom stereocenters. The average Bonchev–Trinajstić information content (AvgIpc) is 3.38. The molecule has 0 fully saturated rings. The largest absolute Gasteiger partial charge is 0.478 e. The number of benzene rings is 1. The van der Waals surface area contributed by atoms with E-state index >= 15 is 0 Å². The van der Waals surface area contributed by atoms with Gasteiger partial charge in [0.15, 0.2) is 5.76 Å². The lowest BCUT2D eigenvalue weighted by molar-refractivity contribution is 0.0882. The van der Waals surface area contributed by atoms with Gasteiger partial charge in [0.25, 0.3) is 0 Å². The number of Topliss-reactive ketones (excluding diaryl/α,β-unsaturated/α-hetero) is 1. The fourth-order valence-corrected chi connectivity index (χ4v) is 4.14. The van der Waals surface area contributed by atoms with Gasteiger partial charge >= 0.3 is 0 Å². The molecular formula is C21H17NO4S. The molecule has 2 aliphatic heterocycles. The van der Waals surface area contributed by atoms with E-state index in [1.165, 1.54) is 4.88 Å². The summed E-state index contributed by atoms with van der Waals surface area (Å²) in [7, 11) is 0. The first-order valence-electron chi connectivity index (χ1n) is 8.71. The Balaban J connectivity index is 1.45. The zero-order chi connectivity index (χ0) is 18.4. The van der Waals surface area contributed by atoms with Gasteiger partial charge in [-0.15, -0.1) is 11.3 Å². The SMILES string of the molecule is Cc1ccc(/C=C2\Oc3c(ccc4c3CN(Cc3cccs3)CO4)C2=O)o1. The maximum absolute atomic E-state index is 12.7. The van der Waals surface area contributed by atoms with Gasteiger partial charge in [-0.2, -0.15) is 0 Å². The monoisotopic (exact) mass is 379 g/mol. The van der Waals surface area contributed by atoms with Crippen molar-refractivity contribution < 1.29 is 18.7 Å². The molecule has 1 aromatic carbocycles. The van der Waals surface area contributed by atoms with Crippen LogP contribution in [-0.2, 0) is 13.1 Å². The summed E-state index contributed by atoms with van der Waals surface area (Å²) in [4.78, 5) is 16.2. The molecule has 0 amide bonds. The molecule has 0 unspecified atom stereocenters. The highest BCUT2D eigenvalue weighted by atomic mass is 32.1. The van der Waals surface area contributed by atoms with Gasteiger partial charge in [-0.3, -0.25) is 9.69 Å². The van der Waals surface area contributed by atoms with Crippen molar-refractivity contribution in [2.45, 2.75) is 20.0 Å². The highest BCUT2D eigenvalue weighted by Gasteiger charge is 2.33. The molecule has 6 heteroatoms. The Bertz CT molecular complexity index is 1050. The molecule has 0 N–H and O–H groups in total. The molecule has 136 valence electrons. The summed E-state index contributed by atoms with van der Waals surface area (Å²) in [6, 6.07) is 11.5. The molecule has 0 spiro atoms. The lowest BCUT2D eigenvalue weighted by Gasteiger charge is -2.29. The van der Waals surface area contributed by atoms with Crippen LogP contribution in [0.2, 0.25) is 0 Å². The van der Waals surface area contributed by atoms with Gasteiger partial charge in [-0.05, 0) is 42.6 Å². The number of nitrogens with zero attached hydrogens (tertiary/aromatic N) is 1. The number of ketones is 1. The minimum absolute atomic E-state index is 0.128. The second-order valence-electron chi connectivity index (χ2n) is 6.65. The van der Waals surface area contributed by atoms with Crippen LogP contribution >= 0.6 is 11.3 Å². The summed E-state index contributed by atoms with van der Waals surface area (Å²) in [6.07, 6.45) is 1.65. The third-order valence-electron chi connectivity index (χ3n) is 4.68. The van der Waals surface area contributed by atoms with Gasteiger partial charge in [0.2, 0.25) is 5.78 Å². The first-order valence-corrected chi connectivity index (χ1v) is 9.59. The normalized spacial score (nSPS) is 17.5. The second kappa shape index (κ2) is 6.40. The van der Waals surface area contributed by atoms with Gasteiger partial charge < -0.3 is 13.9 Å². The molecular weight excluding hydrogens is 362 g/mol. The Morgan fingerprint density at radius 3 is 2.93 bits per heavy atom. The van der Waals surface area contributed by atoms with E-state index in [2.05, 4.69) is 16.3 Å². The van der Waals surface area contributed by atoms with Crippen molar-refractivity contribution in [3.63, 3.8) is 0 Å². The molecule has 2 aliphatic rings. The summed E-state index contributed by atoms with van der Waals surface area (Å²) in [6.45, 7) is 3.87. The van der Waals surface area contributed by atoms with Gasteiger partial charge in [-0.25, -0.2) is 0 Å². The molecule has 4 heterocycles. The quantitative estimate of drug-likeness (QED) is 0.622. The molecule has 27 heavy (non-hydrogen) atoms. The van der Waals surface area contributed by atoms with Crippen LogP contribution in [0, 0.1) is 6.92 Å². The molecule has 3 aromatic rings.